The Labute approximate surface area is 262 Å². The highest BCUT2D eigenvalue weighted by molar-refractivity contribution is 5.94. The van der Waals surface area contributed by atoms with Crippen molar-refractivity contribution in [2.24, 2.45) is 0 Å². The Kier molecular flexibility index (Phi) is 7.85. The fraction of sp³-hybridized carbons (Fsp3) is 0.135. The lowest BCUT2D eigenvalue weighted by atomic mass is 9.76. The molecule has 2 N–H and O–H groups in total. The Hall–Kier alpha value is -5.44. The normalized spacial score (nSPS) is 13.3. The molecule has 0 radical (unpaired) electrons. The van der Waals surface area contributed by atoms with Gasteiger partial charge in [0.15, 0.2) is 5.54 Å². The van der Waals surface area contributed by atoms with Gasteiger partial charge in [-0.3, -0.25) is 0 Å². The molecule has 232 valence electrons. The number of carbonyl (C=O) groups is 1. The second-order valence-electron chi connectivity index (χ2n) is 11.0. The van der Waals surface area contributed by atoms with Gasteiger partial charge in [0.25, 0.3) is 0 Å². The molecular weight excluding hydrogens is 594 g/mol. The van der Waals surface area contributed by atoms with Gasteiger partial charge in [-0.25, -0.2) is 13.9 Å². The van der Waals surface area contributed by atoms with Gasteiger partial charge in [0.2, 0.25) is 0 Å². The molecule has 0 saturated carbocycles. The third-order valence-corrected chi connectivity index (χ3v) is 8.51. The van der Waals surface area contributed by atoms with Crippen LogP contribution in [0.25, 0.3) is 10.9 Å². The van der Waals surface area contributed by atoms with E-state index in [-0.39, 0.29) is 17.5 Å². The second kappa shape index (κ2) is 11.8. The molecule has 1 atom stereocenters. The number of carboxylic acids is 1. The van der Waals surface area contributed by atoms with Crippen LogP contribution in [0.2, 0.25) is 0 Å². The van der Waals surface area contributed by atoms with E-state index >= 15 is 4.39 Å². The Balaban J connectivity index is 1.59. The number of hydrogen-bond acceptors (Lipinski definition) is 3. The first-order valence-corrected chi connectivity index (χ1v) is 14.6. The van der Waals surface area contributed by atoms with Gasteiger partial charge in [-0.15, -0.1) is 0 Å². The van der Waals surface area contributed by atoms with Crippen LogP contribution < -0.4 is 5.32 Å². The zero-order valence-corrected chi connectivity index (χ0v) is 24.7. The minimum atomic E-state index is -4.60. The van der Waals surface area contributed by atoms with E-state index in [2.05, 4.69) is 10.4 Å². The summed E-state index contributed by atoms with van der Waals surface area (Å²) in [7, 11) is 0. The Morgan fingerprint density at radius 1 is 0.739 bits per heavy atom. The van der Waals surface area contributed by atoms with Crippen molar-refractivity contribution in [3.05, 3.63) is 167 Å². The minimum absolute atomic E-state index is 0.0754. The molecule has 5 aromatic carbocycles. The predicted octanol–water partition coefficient (Wildman–Crippen LogP) is 8.84. The van der Waals surface area contributed by atoms with Crippen molar-refractivity contribution in [2.45, 2.75) is 30.6 Å². The number of rotatable bonds is 9. The Morgan fingerprint density at radius 2 is 1.22 bits per heavy atom. The van der Waals surface area contributed by atoms with E-state index in [9.17, 15) is 23.1 Å². The fourth-order valence-electron chi connectivity index (χ4n) is 6.26. The van der Waals surface area contributed by atoms with Gasteiger partial charge in [0.1, 0.15) is 11.4 Å². The molecule has 0 aliphatic heterocycles. The van der Waals surface area contributed by atoms with Gasteiger partial charge in [0.05, 0.1) is 17.3 Å². The van der Waals surface area contributed by atoms with Crippen LogP contribution in [0.5, 0.6) is 0 Å². The second-order valence-corrected chi connectivity index (χ2v) is 11.0. The smallest absolute Gasteiger partial charge is 0.416 e. The van der Waals surface area contributed by atoms with Gasteiger partial charge < -0.3 is 10.4 Å². The molecule has 5 nitrogen and oxygen atoms in total. The SMILES string of the molecule is CCC(C(=O)O)(c1ccc(C(F)(F)F)cc1)n1ncc2c(NC(c3ccccc3)(c3ccccc3)c3ccccc3)cc(F)cc21. The molecule has 0 bridgehead atoms. The summed E-state index contributed by atoms with van der Waals surface area (Å²) in [6.45, 7) is 1.60. The topological polar surface area (TPSA) is 67.1 Å². The number of hydrogen-bond donors (Lipinski definition) is 2. The van der Waals surface area contributed by atoms with Crippen LogP contribution in [0.15, 0.2) is 134 Å². The molecule has 0 aliphatic rings. The largest absolute Gasteiger partial charge is 0.479 e. The molecule has 1 heterocycles. The third kappa shape index (κ3) is 5.07. The first kappa shape index (κ1) is 30.6. The summed E-state index contributed by atoms with van der Waals surface area (Å²) < 4.78 is 56.9. The molecular formula is C37H29F4N3O2. The number of nitrogens with zero attached hydrogens (tertiary/aromatic N) is 2. The zero-order valence-electron chi connectivity index (χ0n) is 24.7. The first-order chi connectivity index (χ1) is 22.1. The highest BCUT2D eigenvalue weighted by Gasteiger charge is 2.44. The van der Waals surface area contributed by atoms with Gasteiger partial charge in [0, 0.05) is 11.1 Å². The fourth-order valence-corrected chi connectivity index (χ4v) is 6.26. The molecule has 0 fully saturated rings. The average molecular weight is 624 g/mol. The molecule has 6 aromatic rings. The summed E-state index contributed by atoms with van der Waals surface area (Å²) >= 11 is 0. The molecule has 1 aromatic heterocycles. The predicted molar refractivity (Wildman–Crippen MR) is 169 cm³/mol. The highest BCUT2D eigenvalue weighted by atomic mass is 19.4. The highest BCUT2D eigenvalue weighted by Crippen LogP contribution is 2.43. The minimum Gasteiger partial charge on any atom is -0.479 e. The number of anilines is 1. The van der Waals surface area contributed by atoms with Gasteiger partial charge in [-0.1, -0.05) is 110 Å². The van der Waals surface area contributed by atoms with E-state index in [0.29, 0.717) is 11.1 Å². The van der Waals surface area contributed by atoms with Crippen LogP contribution in [-0.2, 0) is 22.0 Å². The number of aromatic nitrogens is 2. The Bertz CT molecular complexity index is 1880. The molecule has 0 aliphatic carbocycles. The van der Waals surface area contributed by atoms with Crippen LogP contribution in [0.4, 0.5) is 23.2 Å². The molecule has 1 unspecified atom stereocenters. The summed E-state index contributed by atoms with van der Waals surface area (Å²) in [6.07, 6.45) is -3.21. The van der Waals surface area contributed by atoms with E-state index in [0.717, 1.165) is 41.0 Å². The maximum absolute atomic E-state index is 15.7. The van der Waals surface area contributed by atoms with Crippen LogP contribution >= 0.6 is 0 Å². The van der Waals surface area contributed by atoms with Crippen molar-refractivity contribution in [1.29, 1.82) is 0 Å². The standard InChI is InChI=1S/C37H29F4N3O2/c1-2-35(34(45)46,25-18-20-29(21-19-25)37(39,40)41)44-33-23-30(38)22-32(31(33)24-42-44)43-36(26-12-6-3-7-13-26,27-14-8-4-9-15-27)28-16-10-5-11-17-28/h3-24,43H,2H2,1H3,(H,45,46). The first-order valence-electron chi connectivity index (χ1n) is 14.6. The summed E-state index contributed by atoms with van der Waals surface area (Å²) in [4.78, 5) is 13.0. The number of benzene rings is 5. The van der Waals surface area contributed by atoms with Crippen LogP contribution in [0.3, 0.4) is 0 Å². The third-order valence-electron chi connectivity index (χ3n) is 8.51. The molecule has 9 heteroatoms. The number of carboxylic acid groups (broad SMARTS) is 1. The number of halogens is 4. The van der Waals surface area contributed by atoms with Crippen molar-refractivity contribution in [3.8, 4) is 0 Å². The van der Waals surface area contributed by atoms with Gasteiger partial charge in [-0.05, 0) is 52.9 Å². The molecule has 0 saturated heterocycles. The Morgan fingerprint density at radius 3 is 1.65 bits per heavy atom. The van der Waals surface area contributed by atoms with Crippen molar-refractivity contribution in [2.75, 3.05) is 5.32 Å². The van der Waals surface area contributed by atoms with Crippen LogP contribution in [0.1, 0.15) is 41.2 Å². The molecule has 0 spiro atoms. The van der Waals surface area contributed by atoms with E-state index in [1.165, 1.54) is 23.0 Å². The molecule has 0 amide bonds. The lowest BCUT2D eigenvalue weighted by Gasteiger charge is -2.38. The maximum atomic E-state index is 15.7. The number of nitrogens with one attached hydrogen (secondary N) is 1. The monoisotopic (exact) mass is 623 g/mol. The van der Waals surface area contributed by atoms with Crippen molar-refractivity contribution in [1.82, 2.24) is 9.78 Å². The van der Waals surface area contributed by atoms with Crippen LogP contribution in [0, 0.1) is 5.82 Å². The summed E-state index contributed by atoms with van der Waals surface area (Å²) in [5.74, 6) is -1.99. The van der Waals surface area contributed by atoms with Gasteiger partial charge >= 0.3 is 12.1 Å². The van der Waals surface area contributed by atoms with Crippen molar-refractivity contribution >= 4 is 22.6 Å². The van der Waals surface area contributed by atoms with E-state index in [4.69, 9.17) is 0 Å². The van der Waals surface area contributed by atoms with Crippen molar-refractivity contribution in [3.63, 3.8) is 0 Å². The average Bonchev–Trinajstić information content (AvgIpc) is 3.49. The molecule has 46 heavy (non-hydrogen) atoms. The number of aliphatic carboxylic acids is 1. The van der Waals surface area contributed by atoms with E-state index in [1.807, 2.05) is 91.0 Å². The lowest BCUT2D eigenvalue weighted by molar-refractivity contribution is -0.145. The number of alkyl halides is 3. The molecule has 6 rings (SSSR count). The summed E-state index contributed by atoms with van der Waals surface area (Å²) in [5, 5.41) is 19.1. The maximum Gasteiger partial charge on any atom is 0.416 e. The van der Waals surface area contributed by atoms with E-state index < -0.39 is 34.6 Å². The van der Waals surface area contributed by atoms with Crippen molar-refractivity contribution < 1.29 is 27.5 Å². The lowest BCUT2D eigenvalue weighted by Crippen LogP contribution is -2.43. The summed E-state index contributed by atoms with van der Waals surface area (Å²) in [6, 6.07) is 35.6. The summed E-state index contributed by atoms with van der Waals surface area (Å²) in [5.41, 5.74) is -0.655. The quantitative estimate of drug-likeness (QED) is 0.125. The van der Waals surface area contributed by atoms with E-state index in [1.54, 1.807) is 6.92 Å². The van der Waals surface area contributed by atoms with Gasteiger partial charge in [-0.2, -0.15) is 18.3 Å². The van der Waals surface area contributed by atoms with Crippen LogP contribution in [-0.4, -0.2) is 20.9 Å². The zero-order chi connectivity index (χ0) is 32.5. The number of fused-ring (bicyclic) bond motifs is 1.